The number of hydrogen-bond acceptors (Lipinski definition) is 3. The molecule has 1 aromatic carbocycles. The molecule has 0 N–H and O–H groups in total. The number of carbonyl (C=O) groups excluding carboxylic acids is 1. The standard InChI is InChI=1S/C20H23NO3/c1-23-18-9-7-16(8-10-18)17-5-2-3-13-21(15-17)20(22)12-11-19-6-4-14-24-19/h4,6-12,14,17H,2-3,5,13,15H2,1H3/b12-11+/t17-/m1/s1. The van der Waals surface area contributed by atoms with E-state index in [1.807, 2.05) is 29.2 Å². The lowest BCUT2D eigenvalue weighted by molar-refractivity contribution is -0.126. The summed E-state index contributed by atoms with van der Waals surface area (Å²) in [5.74, 6) is 1.98. The number of carbonyl (C=O) groups is 1. The van der Waals surface area contributed by atoms with Crippen LogP contribution in [0.25, 0.3) is 6.08 Å². The van der Waals surface area contributed by atoms with Crippen molar-refractivity contribution in [2.24, 2.45) is 0 Å². The van der Waals surface area contributed by atoms with Gasteiger partial charge in [-0.3, -0.25) is 4.79 Å². The molecule has 4 heteroatoms. The highest BCUT2D eigenvalue weighted by Crippen LogP contribution is 2.28. The van der Waals surface area contributed by atoms with Gasteiger partial charge in [-0.25, -0.2) is 0 Å². The zero-order chi connectivity index (χ0) is 16.8. The van der Waals surface area contributed by atoms with E-state index in [0.717, 1.165) is 38.1 Å². The first-order valence-corrected chi connectivity index (χ1v) is 8.40. The molecule has 1 fully saturated rings. The summed E-state index contributed by atoms with van der Waals surface area (Å²) in [4.78, 5) is 14.4. The van der Waals surface area contributed by atoms with Gasteiger partial charge in [0, 0.05) is 25.1 Å². The van der Waals surface area contributed by atoms with Crippen LogP contribution < -0.4 is 4.74 Å². The summed E-state index contributed by atoms with van der Waals surface area (Å²) in [6.45, 7) is 1.57. The van der Waals surface area contributed by atoms with Gasteiger partial charge in [-0.15, -0.1) is 0 Å². The molecule has 0 spiro atoms. The molecule has 0 bridgehead atoms. The second-order valence-corrected chi connectivity index (χ2v) is 6.10. The average molecular weight is 325 g/mol. The van der Waals surface area contributed by atoms with Gasteiger partial charge in [0.15, 0.2) is 0 Å². The molecule has 3 rings (SSSR count). The summed E-state index contributed by atoms with van der Waals surface area (Å²) in [7, 11) is 1.67. The van der Waals surface area contributed by atoms with Crippen molar-refractivity contribution in [1.82, 2.24) is 4.90 Å². The number of amides is 1. The van der Waals surface area contributed by atoms with Gasteiger partial charge in [-0.05, 0) is 48.7 Å². The maximum absolute atomic E-state index is 12.5. The van der Waals surface area contributed by atoms with E-state index < -0.39 is 0 Å². The molecule has 2 aromatic rings. The average Bonchev–Trinajstić information content (AvgIpc) is 3.02. The first-order chi connectivity index (χ1) is 11.8. The van der Waals surface area contributed by atoms with Crippen LogP contribution >= 0.6 is 0 Å². The third kappa shape index (κ3) is 4.07. The minimum atomic E-state index is 0.0480. The maximum atomic E-state index is 12.5. The largest absolute Gasteiger partial charge is 0.497 e. The number of nitrogens with zero attached hydrogens (tertiary/aromatic N) is 1. The lowest BCUT2D eigenvalue weighted by Crippen LogP contribution is -2.32. The molecule has 1 aliphatic rings. The zero-order valence-corrected chi connectivity index (χ0v) is 14.0. The van der Waals surface area contributed by atoms with Gasteiger partial charge in [0.1, 0.15) is 11.5 Å². The van der Waals surface area contributed by atoms with Crippen LogP contribution in [0.15, 0.2) is 53.2 Å². The molecule has 126 valence electrons. The fourth-order valence-electron chi connectivity index (χ4n) is 3.14. The highest BCUT2D eigenvalue weighted by molar-refractivity contribution is 5.91. The number of benzene rings is 1. The first-order valence-electron chi connectivity index (χ1n) is 8.40. The van der Waals surface area contributed by atoms with E-state index in [9.17, 15) is 4.79 Å². The molecule has 0 unspecified atom stereocenters. The Balaban J connectivity index is 1.68. The van der Waals surface area contributed by atoms with Gasteiger partial charge in [-0.1, -0.05) is 18.6 Å². The van der Waals surface area contributed by atoms with Crippen LogP contribution in [0.1, 0.15) is 36.5 Å². The molecule has 1 aromatic heterocycles. The number of likely N-dealkylation sites (tertiary alicyclic amines) is 1. The molecular weight excluding hydrogens is 302 g/mol. The smallest absolute Gasteiger partial charge is 0.246 e. The quantitative estimate of drug-likeness (QED) is 0.795. The number of methoxy groups -OCH3 is 1. The van der Waals surface area contributed by atoms with Crippen molar-refractivity contribution in [1.29, 1.82) is 0 Å². The molecule has 1 aliphatic heterocycles. The lowest BCUT2D eigenvalue weighted by Gasteiger charge is -2.23. The number of ether oxygens (including phenoxy) is 1. The van der Waals surface area contributed by atoms with Crippen LogP contribution in [0.3, 0.4) is 0 Å². The Morgan fingerprint density at radius 3 is 2.79 bits per heavy atom. The summed E-state index contributed by atoms with van der Waals surface area (Å²) in [5.41, 5.74) is 1.27. The van der Waals surface area contributed by atoms with Gasteiger partial charge in [0.25, 0.3) is 0 Å². The van der Waals surface area contributed by atoms with E-state index >= 15 is 0 Å². The van der Waals surface area contributed by atoms with Crippen molar-refractivity contribution in [2.45, 2.75) is 25.2 Å². The van der Waals surface area contributed by atoms with Crippen LogP contribution in [0.2, 0.25) is 0 Å². The summed E-state index contributed by atoms with van der Waals surface area (Å²) in [5, 5.41) is 0. The molecular formula is C20H23NO3. The van der Waals surface area contributed by atoms with Crippen molar-refractivity contribution >= 4 is 12.0 Å². The summed E-state index contributed by atoms with van der Waals surface area (Å²) in [6.07, 6.45) is 8.24. The van der Waals surface area contributed by atoms with Crippen LogP contribution in [-0.4, -0.2) is 31.0 Å². The second kappa shape index (κ2) is 7.86. The third-order valence-electron chi connectivity index (χ3n) is 4.50. The van der Waals surface area contributed by atoms with Crippen LogP contribution in [-0.2, 0) is 4.79 Å². The fourth-order valence-corrected chi connectivity index (χ4v) is 3.14. The first kappa shape index (κ1) is 16.4. The summed E-state index contributed by atoms with van der Waals surface area (Å²) >= 11 is 0. The van der Waals surface area contributed by atoms with Crippen molar-refractivity contribution in [3.05, 3.63) is 60.1 Å². The number of rotatable bonds is 4. The minimum Gasteiger partial charge on any atom is -0.497 e. The SMILES string of the molecule is COc1ccc([C@@H]2CCCCN(C(=O)/C=C/c3ccco3)C2)cc1. The normalized spacial score (nSPS) is 18.5. The molecule has 0 aliphatic carbocycles. The number of hydrogen-bond donors (Lipinski definition) is 0. The molecule has 4 nitrogen and oxygen atoms in total. The van der Waals surface area contributed by atoms with Crippen molar-refractivity contribution in [2.75, 3.05) is 20.2 Å². The van der Waals surface area contributed by atoms with Gasteiger partial charge in [0.05, 0.1) is 13.4 Å². The molecule has 2 heterocycles. The minimum absolute atomic E-state index is 0.0480. The Hall–Kier alpha value is -2.49. The van der Waals surface area contributed by atoms with E-state index in [1.54, 1.807) is 25.5 Å². The third-order valence-corrected chi connectivity index (χ3v) is 4.50. The van der Waals surface area contributed by atoms with E-state index in [4.69, 9.17) is 9.15 Å². The predicted molar refractivity (Wildman–Crippen MR) is 93.9 cm³/mol. The molecule has 0 saturated carbocycles. The van der Waals surface area contributed by atoms with Crippen molar-refractivity contribution in [3.8, 4) is 5.75 Å². The Bertz CT molecular complexity index is 673. The molecule has 0 radical (unpaired) electrons. The zero-order valence-electron chi connectivity index (χ0n) is 14.0. The lowest BCUT2D eigenvalue weighted by atomic mass is 9.94. The van der Waals surface area contributed by atoms with Crippen molar-refractivity contribution < 1.29 is 13.9 Å². The Morgan fingerprint density at radius 2 is 2.08 bits per heavy atom. The van der Waals surface area contributed by atoms with Gasteiger partial charge >= 0.3 is 0 Å². The topological polar surface area (TPSA) is 42.7 Å². The van der Waals surface area contributed by atoms with E-state index in [0.29, 0.717) is 11.7 Å². The predicted octanol–water partition coefficient (Wildman–Crippen LogP) is 4.10. The Labute approximate surface area is 142 Å². The fraction of sp³-hybridized carbons (Fsp3) is 0.350. The van der Waals surface area contributed by atoms with Crippen LogP contribution in [0.5, 0.6) is 5.75 Å². The highest BCUT2D eigenvalue weighted by Gasteiger charge is 2.22. The van der Waals surface area contributed by atoms with Crippen LogP contribution in [0.4, 0.5) is 0 Å². The highest BCUT2D eigenvalue weighted by atomic mass is 16.5. The second-order valence-electron chi connectivity index (χ2n) is 6.10. The molecule has 1 atom stereocenters. The molecule has 1 saturated heterocycles. The Morgan fingerprint density at radius 1 is 1.25 bits per heavy atom. The monoisotopic (exact) mass is 325 g/mol. The van der Waals surface area contributed by atoms with E-state index in [2.05, 4.69) is 12.1 Å². The van der Waals surface area contributed by atoms with E-state index in [1.165, 1.54) is 5.56 Å². The van der Waals surface area contributed by atoms with Gasteiger partial charge < -0.3 is 14.1 Å². The molecule has 1 amide bonds. The van der Waals surface area contributed by atoms with Crippen molar-refractivity contribution in [3.63, 3.8) is 0 Å². The summed E-state index contributed by atoms with van der Waals surface area (Å²) in [6, 6.07) is 11.8. The van der Waals surface area contributed by atoms with Crippen LogP contribution in [0, 0.1) is 0 Å². The van der Waals surface area contributed by atoms with Gasteiger partial charge in [-0.2, -0.15) is 0 Å². The van der Waals surface area contributed by atoms with E-state index in [-0.39, 0.29) is 5.91 Å². The number of furan rings is 1. The Kier molecular flexibility index (Phi) is 5.36. The molecule has 24 heavy (non-hydrogen) atoms. The summed E-state index contributed by atoms with van der Waals surface area (Å²) < 4.78 is 10.5. The maximum Gasteiger partial charge on any atom is 0.246 e. The van der Waals surface area contributed by atoms with Gasteiger partial charge in [0.2, 0.25) is 5.91 Å².